The molecule has 0 unspecified atom stereocenters. The first-order valence-corrected chi connectivity index (χ1v) is 6.53. The summed E-state index contributed by atoms with van der Waals surface area (Å²) < 4.78 is 5.00. The number of rotatable bonds is 4. The first-order valence-electron chi connectivity index (χ1n) is 5.54. The van der Waals surface area contributed by atoms with Crippen molar-refractivity contribution < 1.29 is 9.53 Å². The number of nitrogens with two attached hydrogens (primary N) is 1. The number of fused-ring (bicyclic) bond motifs is 1. The van der Waals surface area contributed by atoms with Crippen molar-refractivity contribution >= 4 is 29.0 Å². The number of thioether (sulfide) groups is 1. The van der Waals surface area contributed by atoms with Crippen molar-refractivity contribution in [3.8, 4) is 0 Å². The third-order valence-electron chi connectivity index (χ3n) is 2.68. The van der Waals surface area contributed by atoms with Crippen LogP contribution >= 0.6 is 11.8 Å². The van der Waals surface area contributed by atoms with Crippen LogP contribution in [0.2, 0.25) is 0 Å². The highest BCUT2D eigenvalue weighted by Gasteiger charge is 2.16. The molecule has 0 saturated carbocycles. The summed E-state index contributed by atoms with van der Waals surface area (Å²) in [5.41, 5.74) is 8.79. The van der Waals surface area contributed by atoms with Crippen molar-refractivity contribution in [3.05, 3.63) is 17.7 Å². The fourth-order valence-corrected chi connectivity index (χ4v) is 2.68. The van der Waals surface area contributed by atoms with Crippen molar-refractivity contribution in [2.75, 3.05) is 30.5 Å². The van der Waals surface area contributed by atoms with Gasteiger partial charge in [-0.3, -0.25) is 4.79 Å². The number of anilines is 2. The maximum absolute atomic E-state index is 11.3. The van der Waals surface area contributed by atoms with Gasteiger partial charge in [-0.1, -0.05) is 0 Å². The second kappa shape index (κ2) is 5.42. The Kier molecular flexibility index (Phi) is 3.91. The minimum absolute atomic E-state index is 0.0788. The Hall–Kier alpha value is -1.20. The highest BCUT2D eigenvalue weighted by Crippen LogP contribution is 2.33. The van der Waals surface area contributed by atoms with Crippen molar-refractivity contribution in [2.45, 2.75) is 17.7 Å². The Balaban J connectivity index is 2.17. The number of methoxy groups -OCH3 is 1. The molecule has 0 aromatic heterocycles. The van der Waals surface area contributed by atoms with Crippen LogP contribution in [0.25, 0.3) is 0 Å². The van der Waals surface area contributed by atoms with E-state index in [1.165, 1.54) is 0 Å². The minimum Gasteiger partial charge on any atom is -0.398 e. The van der Waals surface area contributed by atoms with Gasteiger partial charge in [0.05, 0.1) is 6.61 Å². The number of carbonyl (C=O) groups is 1. The third kappa shape index (κ3) is 2.92. The average Bonchev–Trinajstić information content (AvgIpc) is 2.31. The molecule has 1 amide bonds. The number of amides is 1. The molecule has 1 heterocycles. The van der Waals surface area contributed by atoms with Crippen molar-refractivity contribution in [1.82, 2.24) is 0 Å². The lowest BCUT2D eigenvalue weighted by Gasteiger charge is -2.19. The molecule has 2 rings (SSSR count). The summed E-state index contributed by atoms with van der Waals surface area (Å²) in [7, 11) is 1.68. The Morgan fingerprint density at radius 3 is 3.06 bits per heavy atom. The molecule has 0 fully saturated rings. The van der Waals surface area contributed by atoms with Gasteiger partial charge < -0.3 is 15.8 Å². The van der Waals surface area contributed by atoms with E-state index in [9.17, 15) is 4.79 Å². The van der Waals surface area contributed by atoms with E-state index in [1.807, 2.05) is 12.1 Å². The highest BCUT2D eigenvalue weighted by molar-refractivity contribution is 7.99. The third-order valence-corrected chi connectivity index (χ3v) is 3.71. The maximum atomic E-state index is 11.3. The number of nitrogen functional groups attached to an aromatic ring is 1. The maximum Gasteiger partial charge on any atom is 0.224 e. The van der Waals surface area contributed by atoms with Gasteiger partial charge in [-0.05, 0) is 24.1 Å². The summed E-state index contributed by atoms with van der Waals surface area (Å²) in [4.78, 5) is 12.3. The Morgan fingerprint density at radius 1 is 1.47 bits per heavy atom. The van der Waals surface area contributed by atoms with Crippen LogP contribution in [-0.2, 0) is 16.0 Å². The molecule has 92 valence electrons. The van der Waals surface area contributed by atoms with E-state index in [-0.39, 0.29) is 5.91 Å². The van der Waals surface area contributed by atoms with Gasteiger partial charge in [0.1, 0.15) is 0 Å². The van der Waals surface area contributed by atoms with Gasteiger partial charge in [-0.2, -0.15) is 0 Å². The van der Waals surface area contributed by atoms with Gasteiger partial charge >= 0.3 is 0 Å². The molecule has 3 N–H and O–H groups in total. The van der Waals surface area contributed by atoms with Gasteiger partial charge in [0.25, 0.3) is 0 Å². The molecule has 1 aliphatic rings. The van der Waals surface area contributed by atoms with E-state index >= 15 is 0 Å². The van der Waals surface area contributed by atoms with Crippen LogP contribution < -0.4 is 11.1 Å². The second-order valence-corrected chi connectivity index (χ2v) is 5.07. The molecule has 0 radical (unpaired) electrons. The quantitative estimate of drug-likeness (QED) is 0.488. The fraction of sp³-hybridized carbons (Fsp3) is 0.417. The van der Waals surface area contributed by atoms with Crippen LogP contribution in [0.5, 0.6) is 0 Å². The molecular formula is C12H16N2O2S. The Morgan fingerprint density at radius 2 is 2.29 bits per heavy atom. The lowest BCUT2D eigenvalue weighted by atomic mass is 10.0. The zero-order valence-corrected chi connectivity index (χ0v) is 10.6. The topological polar surface area (TPSA) is 64.3 Å². The normalized spacial score (nSPS) is 14.3. The van der Waals surface area contributed by atoms with Crippen LogP contribution in [0.1, 0.15) is 12.0 Å². The highest BCUT2D eigenvalue weighted by atomic mass is 32.2. The number of hydrogen-bond donors (Lipinski definition) is 2. The molecule has 17 heavy (non-hydrogen) atoms. The molecule has 4 nitrogen and oxygen atoms in total. The summed E-state index contributed by atoms with van der Waals surface area (Å²) in [6, 6.07) is 3.92. The number of aryl methyl sites for hydroxylation is 1. The average molecular weight is 252 g/mol. The van der Waals surface area contributed by atoms with Gasteiger partial charge in [-0.25, -0.2) is 0 Å². The van der Waals surface area contributed by atoms with Crippen LogP contribution in [0.15, 0.2) is 17.0 Å². The lowest BCUT2D eigenvalue weighted by molar-refractivity contribution is -0.116. The van der Waals surface area contributed by atoms with Crippen LogP contribution in [-0.4, -0.2) is 25.4 Å². The van der Waals surface area contributed by atoms with E-state index in [2.05, 4.69) is 5.32 Å². The van der Waals surface area contributed by atoms with Gasteiger partial charge in [0.15, 0.2) is 0 Å². The Bertz CT molecular complexity index is 435. The zero-order valence-electron chi connectivity index (χ0n) is 9.79. The van der Waals surface area contributed by atoms with Crippen molar-refractivity contribution in [1.29, 1.82) is 0 Å². The smallest absolute Gasteiger partial charge is 0.224 e. The largest absolute Gasteiger partial charge is 0.398 e. The molecule has 0 aliphatic carbocycles. The molecule has 0 saturated heterocycles. The lowest BCUT2D eigenvalue weighted by Crippen LogP contribution is -2.19. The first kappa shape index (κ1) is 12.3. The summed E-state index contributed by atoms with van der Waals surface area (Å²) in [6.45, 7) is 0.688. The van der Waals surface area contributed by atoms with Gasteiger partial charge in [0, 0.05) is 35.6 Å². The van der Waals surface area contributed by atoms with E-state index in [0.717, 1.165) is 34.0 Å². The molecule has 1 aromatic carbocycles. The molecule has 0 spiro atoms. The van der Waals surface area contributed by atoms with Crippen LogP contribution in [0.3, 0.4) is 0 Å². The van der Waals surface area contributed by atoms with E-state index in [4.69, 9.17) is 10.5 Å². The number of ether oxygens (including phenoxy) is 1. The van der Waals surface area contributed by atoms with Crippen molar-refractivity contribution in [2.24, 2.45) is 0 Å². The molecule has 0 bridgehead atoms. The van der Waals surface area contributed by atoms with E-state index < -0.39 is 0 Å². The van der Waals surface area contributed by atoms with E-state index in [0.29, 0.717) is 13.0 Å². The zero-order chi connectivity index (χ0) is 12.3. The molecule has 1 aromatic rings. The number of benzene rings is 1. The van der Waals surface area contributed by atoms with Gasteiger partial charge in [0.2, 0.25) is 5.91 Å². The summed E-state index contributed by atoms with van der Waals surface area (Å²) >= 11 is 1.64. The van der Waals surface area contributed by atoms with Crippen LogP contribution in [0.4, 0.5) is 11.4 Å². The molecule has 0 atom stereocenters. The number of hydrogen-bond acceptors (Lipinski definition) is 4. The van der Waals surface area contributed by atoms with Crippen molar-refractivity contribution in [3.63, 3.8) is 0 Å². The second-order valence-electron chi connectivity index (χ2n) is 3.94. The monoisotopic (exact) mass is 252 g/mol. The Labute approximate surface area is 105 Å². The predicted octanol–water partition coefficient (Wildman–Crippen LogP) is 1.89. The van der Waals surface area contributed by atoms with Crippen LogP contribution in [0, 0.1) is 0 Å². The molecule has 5 heteroatoms. The SMILES string of the molecule is COCCSc1cc2c(cc1N)CCC(=O)N2. The summed E-state index contributed by atoms with van der Waals surface area (Å²) in [5.74, 6) is 0.933. The van der Waals surface area contributed by atoms with E-state index in [1.54, 1.807) is 18.9 Å². The summed E-state index contributed by atoms with van der Waals surface area (Å²) in [6.07, 6.45) is 1.32. The minimum atomic E-state index is 0.0788. The molecule has 1 aliphatic heterocycles. The fourth-order valence-electron chi connectivity index (χ4n) is 1.79. The summed E-state index contributed by atoms with van der Waals surface area (Å²) in [5, 5.41) is 2.88. The van der Waals surface area contributed by atoms with Gasteiger partial charge in [-0.15, -0.1) is 11.8 Å². The number of carbonyl (C=O) groups excluding carboxylic acids is 1. The molecular weight excluding hydrogens is 236 g/mol. The standard InChI is InChI=1S/C12H16N2O2S/c1-16-4-5-17-11-7-10-8(6-9(11)13)2-3-12(15)14-10/h6-7H,2-5,13H2,1H3,(H,14,15). The number of nitrogens with one attached hydrogen (secondary N) is 1. The first-order chi connectivity index (χ1) is 8.20. The predicted molar refractivity (Wildman–Crippen MR) is 70.4 cm³/mol.